The minimum atomic E-state index is -0.728. The first-order valence-corrected chi connectivity index (χ1v) is 9.06. The van der Waals surface area contributed by atoms with Gasteiger partial charge in [-0.05, 0) is 25.3 Å². The number of carbonyl (C=O) groups is 1. The Labute approximate surface area is 162 Å². The van der Waals surface area contributed by atoms with E-state index in [0.29, 0.717) is 30.2 Å². The van der Waals surface area contributed by atoms with E-state index in [2.05, 4.69) is 4.90 Å². The minimum Gasteiger partial charge on any atom is -0.494 e. The number of hydrogen-bond acceptors (Lipinski definition) is 7. The van der Waals surface area contributed by atoms with E-state index in [1.54, 1.807) is 41.3 Å². The molecule has 0 saturated carbocycles. The van der Waals surface area contributed by atoms with Crippen molar-refractivity contribution < 1.29 is 29.4 Å². The standard InChI is InChI=1S/C19H23N4O5/c1-20-9-11-21(12-10-20)19(24)28-16-8-4-6-14-18(16)23(26)13-5-3-7-15(27-2)17(13)22(14)25/h3-8,14,25-26H,9-12H2,1-2H3/q+1. The van der Waals surface area contributed by atoms with E-state index in [1.165, 1.54) is 7.11 Å². The van der Waals surface area contributed by atoms with Crippen molar-refractivity contribution in [3.8, 4) is 5.75 Å². The predicted molar refractivity (Wildman–Crippen MR) is 101 cm³/mol. The highest BCUT2D eigenvalue weighted by Gasteiger charge is 2.46. The first-order chi connectivity index (χ1) is 13.5. The molecule has 1 aromatic carbocycles. The van der Waals surface area contributed by atoms with E-state index in [0.717, 1.165) is 22.9 Å². The fraction of sp³-hybridized carbons (Fsp3) is 0.368. The van der Waals surface area contributed by atoms with Crippen molar-refractivity contribution in [2.45, 2.75) is 6.04 Å². The van der Waals surface area contributed by atoms with Gasteiger partial charge >= 0.3 is 11.8 Å². The van der Waals surface area contributed by atoms with Gasteiger partial charge in [-0.3, -0.25) is 10.4 Å². The molecule has 1 aliphatic carbocycles. The van der Waals surface area contributed by atoms with E-state index in [9.17, 15) is 15.2 Å². The summed E-state index contributed by atoms with van der Waals surface area (Å²) in [6.45, 7) is 2.70. The molecule has 1 atom stereocenters. The molecule has 1 fully saturated rings. The molecule has 2 heterocycles. The minimum absolute atomic E-state index is 0.187. The van der Waals surface area contributed by atoms with E-state index in [1.807, 2.05) is 7.05 Å². The molecule has 0 aromatic heterocycles. The number of hydroxylamine groups is 1. The summed E-state index contributed by atoms with van der Waals surface area (Å²) in [5, 5.41) is 22.6. The van der Waals surface area contributed by atoms with Crippen molar-refractivity contribution in [1.29, 1.82) is 0 Å². The van der Waals surface area contributed by atoms with E-state index < -0.39 is 12.1 Å². The highest BCUT2D eigenvalue weighted by Crippen LogP contribution is 2.41. The van der Waals surface area contributed by atoms with Gasteiger partial charge in [0.05, 0.1) is 7.11 Å². The van der Waals surface area contributed by atoms with Crippen molar-refractivity contribution >= 4 is 23.2 Å². The number of allylic oxidation sites excluding steroid dienone is 2. The van der Waals surface area contributed by atoms with Gasteiger partial charge in [0.25, 0.3) is 5.69 Å². The molecule has 3 aliphatic rings. The second-order valence-electron chi connectivity index (χ2n) is 6.89. The molecule has 0 spiro atoms. The summed E-state index contributed by atoms with van der Waals surface area (Å²) >= 11 is 0. The molecule has 9 nitrogen and oxygen atoms in total. The number of hydrogen-bond donors (Lipinski definition) is 2. The molecule has 1 unspecified atom stereocenters. The lowest BCUT2D eigenvalue weighted by atomic mass is 10.00. The number of carbonyl (C=O) groups excluding carboxylic acids is 1. The van der Waals surface area contributed by atoms with Crippen LogP contribution in [0.15, 0.2) is 42.2 Å². The van der Waals surface area contributed by atoms with E-state index in [4.69, 9.17) is 9.47 Å². The lowest BCUT2D eigenvalue weighted by molar-refractivity contribution is -0.714. The van der Waals surface area contributed by atoms with Crippen molar-refractivity contribution in [2.75, 3.05) is 45.4 Å². The van der Waals surface area contributed by atoms with E-state index in [-0.39, 0.29) is 11.5 Å². The van der Waals surface area contributed by atoms with Gasteiger partial charge in [0, 0.05) is 37.0 Å². The second kappa shape index (κ2) is 7.17. The van der Waals surface area contributed by atoms with Crippen LogP contribution in [0, 0.1) is 0 Å². The normalized spacial score (nSPS) is 21.8. The van der Waals surface area contributed by atoms with Crippen LogP contribution in [0.4, 0.5) is 16.2 Å². The number of benzene rings is 1. The Morgan fingerprint density at radius 2 is 2.00 bits per heavy atom. The SMILES string of the molecule is COc1cccc2c1N(O)C1C=CC=C(OC(=O)N3CCN(C)CC3)C1=[N+]2O. The van der Waals surface area contributed by atoms with Gasteiger partial charge in [-0.25, -0.2) is 9.86 Å². The maximum atomic E-state index is 12.6. The number of rotatable bonds is 2. The summed E-state index contributed by atoms with van der Waals surface area (Å²) in [7, 11) is 3.50. The molecular formula is C19H23N4O5+. The van der Waals surface area contributed by atoms with Gasteiger partial charge in [0.15, 0.2) is 17.5 Å². The molecular weight excluding hydrogens is 364 g/mol. The lowest BCUT2D eigenvalue weighted by Gasteiger charge is -2.33. The molecule has 1 amide bonds. The van der Waals surface area contributed by atoms with Crippen molar-refractivity contribution in [2.24, 2.45) is 0 Å². The number of nitrogens with zero attached hydrogens (tertiary/aromatic N) is 4. The molecule has 148 valence electrons. The zero-order valence-corrected chi connectivity index (χ0v) is 15.8. The monoisotopic (exact) mass is 387 g/mol. The van der Waals surface area contributed by atoms with Crippen LogP contribution in [0.1, 0.15) is 0 Å². The summed E-state index contributed by atoms with van der Waals surface area (Å²) in [6.07, 6.45) is 4.50. The smallest absolute Gasteiger partial charge is 0.415 e. The number of methoxy groups -OCH3 is 1. The van der Waals surface area contributed by atoms with Gasteiger partial charge in [0.1, 0.15) is 0 Å². The summed E-state index contributed by atoms with van der Waals surface area (Å²) in [5.74, 6) is 0.600. The maximum absolute atomic E-state index is 12.6. The maximum Gasteiger partial charge on any atom is 0.415 e. The quantitative estimate of drug-likeness (QED) is 0.588. The highest BCUT2D eigenvalue weighted by molar-refractivity contribution is 6.06. The van der Waals surface area contributed by atoms with Crippen molar-refractivity contribution in [3.05, 3.63) is 42.2 Å². The third-order valence-corrected chi connectivity index (χ3v) is 5.18. The Balaban J connectivity index is 1.66. The largest absolute Gasteiger partial charge is 0.494 e. The number of piperazine rings is 1. The molecule has 1 saturated heterocycles. The zero-order chi connectivity index (χ0) is 19.8. The lowest BCUT2D eigenvalue weighted by Crippen LogP contribution is -2.49. The van der Waals surface area contributed by atoms with Crippen LogP contribution in [0.3, 0.4) is 0 Å². The van der Waals surface area contributed by atoms with Crippen molar-refractivity contribution in [3.63, 3.8) is 0 Å². The fourth-order valence-electron chi connectivity index (χ4n) is 3.58. The summed E-state index contributed by atoms with van der Waals surface area (Å²) in [5.41, 5.74) is 0.913. The molecule has 0 radical (unpaired) electrons. The molecule has 0 bridgehead atoms. The molecule has 28 heavy (non-hydrogen) atoms. The molecule has 9 heteroatoms. The number of fused-ring (bicyclic) bond motifs is 2. The van der Waals surface area contributed by atoms with Gasteiger partial charge in [-0.2, -0.15) is 0 Å². The highest BCUT2D eigenvalue weighted by atomic mass is 16.6. The van der Waals surface area contributed by atoms with Crippen LogP contribution < -0.4 is 9.80 Å². The summed E-state index contributed by atoms with van der Waals surface area (Å²) in [4.78, 5) is 16.4. The number of anilines is 1. The average Bonchev–Trinajstić information content (AvgIpc) is 2.71. The van der Waals surface area contributed by atoms with Crippen LogP contribution in [0.5, 0.6) is 5.75 Å². The average molecular weight is 387 g/mol. The van der Waals surface area contributed by atoms with Gasteiger partial charge < -0.3 is 19.3 Å². The number of para-hydroxylation sites is 1. The van der Waals surface area contributed by atoms with Crippen LogP contribution in [0.2, 0.25) is 0 Å². The Kier molecular flexibility index (Phi) is 4.70. The number of ether oxygens (including phenoxy) is 2. The third kappa shape index (κ3) is 2.98. The van der Waals surface area contributed by atoms with Crippen LogP contribution >= 0.6 is 0 Å². The third-order valence-electron chi connectivity index (χ3n) is 5.18. The molecule has 2 aliphatic heterocycles. The Morgan fingerprint density at radius 1 is 1.25 bits per heavy atom. The Morgan fingerprint density at radius 3 is 2.71 bits per heavy atom. The molecule has 4 rings (SSSR count). The summed E-state index contributed by atoms with van der Waals surface area (Å²) < 4.78 is 11.8. The fourth-order valence-corrected chi connectivity index (χ4v) is 3.58. The Hall–Kier alpha value is -3.04. The van der Waals surface area contributed by atoms with Crippen LogP contribution in [-0.4, -0.2) is 83.1 Å². The van der Waals surface area contributed by atoms with E-state index >= 15 is 0 Å². The van der Waals surface area contributed by atoms with Crippen LogP contribution in [0.25, 0.3) is 0 Å². The van der Waals surface area contributed by atoms with Gasteiger partial charge in [-0.15, -0.1) is 0 Å². The molecule has 2 N–H and O–H groups in total. The second-order valence-corrected chi connectivity index (χ2v) is 6.89. The van der Waals surface area contributed by atoms with Crippen molar-refractivity contribution in [1.82, 2.24) is 9.80 Å². The summed E-state index contributed by atoms with van der Waals surface area (Å²) in [6, 6.07) is 4.31. The zero-order valence-electron chi connectivity index (χ0n) is 15.8. The number of amides is 1. The number of likely N-dealkylation sites (N-methyl/N-ethyl adjacent to an activating group) is 1. The topological polar surface area (TPSA) is 88.7 Å². The van der Waals surface area contributed by atoms with Gasteiger partial charge in [0.2, 0.25) is 5.76 Å². The first-order valence-electron chi connectivity index (χ1n) is 9.06. The van der Waals surface area contributed by atoms with Gasteiger partial charge in [-0.1, -0.05) is 12.1 Å². The molecule has 1 aromatic rings. The first kappa shape index (κ1) is 18.3. The van der Waals surface area contributed by atoms with Crippen LogP contribution in [-0.2, 0) is 4.74 Å². The Bertz CT molecular complexity index is 886. The predicted octanol–water partition coefficient (Wildman–Crippen LogP) is 1.58.